The fourth-order valence-corrected chi connectivity index (χ4v) is 1.17. The zero-order valence-electron chi connectivity index (χ0n) is 6.53. The van der Waals surface area contributed by atoms with Gasteiger partial charge in [0.05, 0.1) is 0 Å². The maximum atomic E-state index is 4.93. The Kier molecular flexibility index (Phi) is 7.40. The van der Waals surface area contributed by atoms with Gasteiger partial charge in [-0.2, -0.15) is 11.8 Å². The number of hydrogen-bond acceptors (Lipinski definition) is 4. The molecule has 0 N–H and O–H groups in total. The molecule has 0 spiro atoms. The molecule has 60 valence electrons. The SMILES string of the molecule is CSCS/C=N/OC(C)C. The molecule has 0 bridgehead atoms. The molecule has 0 fully saturated rings. The molecule has 0 aromatic rings. The van der Waals surface area contributed by atoms with E-state index >= 15 is 0 Å². The van der Waals surface area contributed by atoms with E-state index in [0.717, 1.165) is 5.08 Å². The molecule has 0 aliphatic heterocycles. The second-order valence-corrected chi connectivity index (χ2v) is 4.00. The number of oxime groups is 1. The predicted molar refractivity (Wildman–Crippen MR) is 50.7 cm³/mol. The standard InChI is InChI=1S/C6H13NOS2/c1-6(2)8-7-4-10-5-9-3/h4,6H,5H2,1-3H3/b7-4+. The van der Waals surface area contributed by atoms with Gasteiger partial charge < -0.3 is 4.84 Å². The summed E-state index contributed by atoms with van der Waals surface area (Å²) in [4.78, 5) is 4.93. The third-order valence-electron chi connectivity index (χ3n) is 0.575. The van der Waals surface area contributed by atoms with Crippen LogP contribution >= 0.6 is 23.5 Å². The van der Waals surface area contributed by atoms with Gasteiger partial charge in [-0.25, -0.2) is 0 Å². The number of rotatable bonds is 5. The molecule has 0 saturated carbocycles. The number of thioether (sulfide) groups is 2. The van der Waals surface area contributed by atoms with E-state index in [1.807, 2.05) is 13.8 Å². The topological polar surface area (TPSA) is 21.6 Å². The molecule has 0 heterocycles. The van der Waals surface area contributed by atoms with E-state index in [9.17, 15) is 0 Å². The van der Waals surface area contributed by atoms with Crippen LogP contribution in [0.5, 0.6) is 0 Å². The highest BCUT2D eigenvalue weighted by Crippen LogP contribution is 2.04. The molecule has 4 heteroatoms. The number of nitrogens with zero attached hydrogens (tertiary/aromatic N) is 1. The van der Waals surface area contributed by atoms with E-state index in [-0.39, 0.29) is 6.10 Å². The molecule has 0 amide bonds. The fourth-order valence-electron chi connectivity index (χ4n) is 0.275. The molecule has 0 rings (SSSR count). The van der Waals surface area contributed by atoms with Crippen molar-refractivity contribution in [3.05, 3.63) is 0 Å². The van der Waals surface area contributed by atoms with Crippen LogP contribution in [-0.2, 0) is 4.84 Å². The van der Waals surface area contributed by atoms with Crippen LogP contribution in [0.1, 0.15) is 13.8 Å². The van der Waals surface area contributed by atoms with Crippen molar-refractivity contribution in [2.24, 2.45) is 5.16 Å². The van der Waals surface area contributed by atoms with Crippen molar-refractivity contribution in [3.63, 3.8) is 0 Å². The van der Waals surface area contributed by atoms with Gasteiger partial charge >= 0.3 is 0 Å². The summed E-state index contributed by atoms with van der Waals surface area (Å²) in [6.45, 7) is 3.91. The Labute approximate surface area is 70.8 Å². The Balaban J connectivity index is 3.04. The average molecular weight is 179 g/mol. The smallest absolute Gasteiger partial charge is 0.122 e. The van der Waals surface area contributed by atoms with E-state index in [1.165, 1.54) is 0 Å². The van der Waals surface area contributed by atoms with Crippen LogP contribution in [0.2, 0.25) is 0 Å². The van der Waals surface area contributed by atoms with E-state index in [2.05, 4.69) is 11.4 Å². The first-order valence-corrected chi connectivity index (χ1v) is 5.50. The lowest BCUT2D eigenvalue weighted by Crippen LogP contribution is -1.94. The monoisotopic (exact) mass is 179 g/mol. The van der Waals surface area contributed by atoms with Gasteiger partial charge in [0.25, 0.3) is 0 Å². The Morgan fingerprint density at radius 1 is 1.60 bits per heavy atom. The first kappa shape index (κ1) is 10.2. The van der Waals surface area contributed by atoms with Crippen molar-refractivity contribution >= 4 is 29.1 Å². The third kappa shape index (κ3) is 8.17. The second kappa shape index (κ2) is 7.28. The Morgan fingerprint density at radius 2 is 2.30 bits per heavy atom. The minimum Gasteiger partial charge on any atom is -0.393 e. The van der Waals surface area contributed by atoms with Gasteiger partial charge in [0.1, 0.15) is 11.7 Å². The zero-order valence-corrected chi connectivity index (χ0v) is 8.17. The summed E-state index contributed by atoms with van der Waals surface area (Å²) in [5.41, 5.74) is 1.73. The molecule has 0 atom stereocenters. The van der Waals surface area contributed by atoms with Crippen LogP contribution in [0.3, 0.4) is 0 Å². The van der Waals surface area contributed by atoms with Gasteiger partial charge in [-0.15, -0.1) is 0 Å². The first-order chi connectivity index (χ1) is 4.77. The minimum absolute atomic E-state index is 0.186. The molecule has 0 aliphatic rings. The van der Waals surface area contributed by atoms with Gasteiger partial charge in [0.15, 0.2) is 0 Å². The van der Waals surface area contributed by atoms with Gasteiger partial charge in [-0.3, -0.25) is 0 Å². The van der Waals surface area contributed by atoms with Gasteiger partial charge in [0.2, 0.25) is 0 Å². The molecule has 0 aromatic heterocycles. The lowest BCUT2D eigenvalue weighted by Gasteiger charge is -1.99. The lowest BCUT2D eigenvalue weighted by molar-refractivity contribution is 0.0879. The summed E-state index contributed by atoms with van der Waals surface area (Å²) in [6, 6.07) is 0. The Morgan fingerprint density at radius 3 is 2.80 bits per heavy atom. The molecular weight excluding hydrogens is 166 g/mol. The highest BCUT2D eigenvalue weighted by atomic mass is 32.2. The van der Waals surface area contributed by atoms with E-state index in [4.69, 9.17) is 4.84 Å². The molecule has 10 heavy (non-hydrogen) atoms. The normalized spacial score (nSPS) is 11.2. The molecule has 0 unspecified atom stereocenters. The highest BCUT2D eigenvalue weighted by Gasteiger charge is 1.86. The predicted octanol–water partition coefficient (Wildman–Crippen LogP) is 2.41. The summed E-state index contributed by atoms with van der Waals surface area (Å²) in [5.74, 6) is 0. The molecule has 0 radical (unpaired) electrons. The largest absolute Gasteiger partial charge is 0.393 e. The maximum absolute atomic E-state index is 4.93. The van der Waals surface area contributed by atoms with E-state index in [0.29, 0.717) is 0 Å². The molecular formula is C6H13NOS2. The Bertz CT molecular complexity index is 95.7. The van der Waals surface area contributed by atoms with Crippen molar-refractivity contribution in [1.29, 1.82) is 0 Å². The summed E-state index contributed by atoms with van der Waals surface area (Å²) < 4.78 is 0. The molecule has 0 saturated heterocycles. The second-order valence-electron chi connectivity index (χ2n) is 1.94. The van der Waals surface area contributed by atoms with Crippen LogP contribution in [0.25, 0.3) is 0 Å². The van der Waals surface area contributed by atoms with Crippen molar-refractivity contribution in [2.45, 2.75) is 20.0 Å². The average Bonchev–Trinajstić information content (AvgIpc) is 1.87. The van der Waals surface area contributed by atoms with Crippen molar-refractivity contribution in [2.75, 3.05) is 11.3 Å². The van der Waals surface area contributed by atoms with E-state index < -0.39 is 0 Å². The number of hydrogen-bond donors (Lipinski definition) is 0. The van der Waals surface area contributed by atoms with Crippen LogP contribution in [0.15, 0.2) is 5.16 Å². The summed E-state index contributed by atoms with van der Waals surface area (Å²) >= 11 is 3.42. The van der Waals surface area contributed by atoms with Crippen molar-refractivity contribution in [3.8, 4) is 0 Å². The third-order valence-corrected chi connectivity index (χ3v) is 2.30. The van der Waals surface area contributed by atoms with Gasteiger partial charge in [-0.05, 0) is 20.1 Å². The van der Waals surface area contributed by atoms with Crippen LogP contribution in [-0.4, -0.2) is 23.0 Å². The molecule has 0 aliphatic carbocycles. The lowest BCUT2D eigenvalue weighted by atomic mass is 10.5. The summed E-state index contributed by atoms with van der Waals surface area (Å²) in [7, 11) is 0. The molecule has 2 nitrogen and oxygen atoms in total. The summed E-state index contributed by atoms with van der Waals surface area (Å²) in [5, 5.41) is 4.77. The highest BCUT2D eigenvalue weighted by molar-refractivity contribution is 8.22. The quantitative estimate of drug-likeness (QED) is 0.213. The summed E-state index contributed by atoms with van der Waals surface area (Å²) in [6.07, 6.45) is 2.25. The fraction of sp³-hybridized carbons (Fsp3) is 0.833. The van der Waals surface area contributed by atoms with Gasteiger partial charge in [0, 0.05) is 5.08 Å². The van der Waals surface area contributed by atoms with E-state index in [1.54, 1.807) is 29.1 Å². The maximum Gasteiger partial charge on any atom is 0.122 e. The van der Waals surface area contributed by atoms with Crippen molar-refractivity contribution in [1.82, 2.24) is 0 Å². The minimum atomic E-state index is 0.186. The van der Waals surface area contributed by atoms with Crippen LogP contribution in [0, 0.1) is 0 Å². The Hall–Kier alpha value is 0.170. The molecule has 0 aromatic carbocycles. The first-order valence-electron chi connectivity index (χ1n) is 3.05. The zero-order chi connectivity index (χ0) is 7.82. The van der Waals surface area contributed by atoms with Crippen LogP contribution in [0.4, 0.5) is 0 Å². The van der Waals surface area contributed by atoms with Crippen molar-refractivity contribution < 1.29 is 4.84 Å². The van der Waals surface area contributed by atoms with Gasteiger partial charge in [-0.1, -0.05) is 16.9 Å². The van der Waals surface area contributed by atoms with Crippen LogP contribution < -0.4 is 0 Å².